The molecule has 112 valence electrons. The summed E-state index contributed by atoms with van der Waals surface area (Å²) in [6.07, 6.45) is 1.97. The smallest absolute Gasteiger partial charge is 0.264 e. The number of aryl methyl sites for hydroxylation is 1. The molecule has 1 aliphatic carbocycles. The van der Waals surface area contributed by atoms with Gasteiger partial charge in [0.1, 0.15) is 0 Å². The first kappa shape index (κ1) is 15.8. The van der Waals surface area contributed by atoms with Gasteiger partial charge in [0, 0.05) is 35.3 Å². The molecule has 20 heavy (non-hydrogen) atoms. The van der Waals surface area contributed by atoms with Crippen molar-refractivity contribution in [2.45, 2.75) is 30.7 Å². The number of ether oxygens (including phenoxy) is 1. The Kier molecular flexibility index (Phi) is 4.73. The molecule has 5 nitrogen and oxygen atoms in total. The summed E-state index contributed by atoms with van der Waals surface area (Å²) in [6.45, 7) is 2.63. The maximum Gasteiger partial charge on any atom is 0.264 e. The minimum Gasteiger partial charge on any atom is -0.383 e. The van der Waals surface area contributed by atoms with Crippen LogP contribution in [0, 0.1) is 6.92 Å². The summed E-state index contributed by atoms with van der Waals surface area (Å²) in [7, 11) is 3.13. The van der Waals surface area contributed by atoms with Gasteiger partial charge in [-0.15, -0.1) is 11.3 Å². The molecule has 1 fully saturated rings. The second-order valence-electron chi connectivity index (χ2n) is 4.69. The topological polar surface area (TPSA) is 63.7 Å². The Morgan fingerprint density at radius 1 is 1.55 bits per heavy atom. The Hall–Kier alpha value is -0.630. The molecule has 0 atom stereocenters. The lowest BCUT2D eigenvalue weighted by Crippen LogP contribution is -2.35. The van der Waals surface area contributed by atoms with Crippen LogP contribution in [0.25, 0.3) is 0 Å². The van der Waals surface area contributed by atoms with E-state index in [1.54, 1.807) is 18.9 Å². The van der Waals surface area contributed by atoms with Crippen LogP contribution in [0.1, 0.15) is 27.4 Å². The van der Waals surface area contributed by atoms with E-state index in [9.17, 15) is 13.2 Å². The maximum absolute atomic E-state index is 12.5. The summed E-state index contributed by atoms with van der Waals surface area (Å²) in [5.41, 5.74) is 0. The summed E-state index contributed by atoms with van der Waals surface area (Å²) in [5.74, 6) is -0.149. The molecule has 1 saturated carbocycles. The van der Waals surface area contributed by atoms with Crippen molar-refractivity contribution in [2.24, 2.45) is 0 Å². The van der Waals surface area contributed by atoms with E-state index >= 15 is 0 Å². The molecule has 0 N–H and O–H groups in total. The molecule has 2 rings (SSSR count). The standard InChI is InChI=1S/C12H16ClNO4S2/c1-8-11(20(13,16)17)7-10(19-8)12(15)14(5-6-18-2)9-3-4-9/h7,9H,3-6H2,1-2H3. The first-order chi connectivity index (χ1) is 9.34. The SMILES string of the molecule is COCCN(C(=O)c1cc(S(=O)(=O)Cl)c(C)s1)C1CC1. The van der Waals surface area contributed by atoms with Gasteiger partial charge in [-0.25, -0.2) is 8.42 Å². The van der Waals surface area contributed by atoms with Crippen LogP contribution < -0.4 is 0 Å². The van der Waals surface area contributed by atoms with Gasteiger partial charge in [-0.1, -0.05) is 0 Å². The van der Waals surface area contributed by atoms with Gasteiger partial charge < -0.3 is 9.64 Å². The number of hydrogen-bond acceptors (Lipinski definition) is 5. The van der Waals surface area contributed by atoms with Gasteiger partial charge >= 0.3 is 0 Å². The molecule has 0 unspecified atom stereocenters. The van der Waals surface area contributed by atoms with Gasteiger partial charge in [-0.2, -0.15) is 0 Å². The number of carbonyl (C=O) groups excluding carboxylic acids is 1. The molecule has 0 spiro atoms. The van der Waals surface area contributed by atoms with Crippen molar-refractivity contribution < 1.29 is 17.9 Å². The predicted octanol–water partition coefficient (Wildman–Crippen LogP) is 2.24. The zero-order chi connectivity index (χ0) is 14.9. The summed E-state index contributed by atoms with van der Waals surface area (Å²) >= 11 is 1.16. The molecular formula is C12H16ClNO4S2. The third-order valence-electron chi connectivity index (χ3n) is 3.13. The summed E-state index contributed by atoms with van der Waals surface area (Å²) in [5, 5.41) is 0. The second-order valence-corrected chi connectivity index (χ2v) is 8.48. The Labute approximate surface area is 126 Å². The van der Waals surface area contributed by atoms with E-state index in [0.29, 0.717) is 22.9 Å². The Morgan fingerprint density at radius 3 is 2.65 bits per heavy atom. The van der Waals surface area contributed by atoms with Crippen molar-refractivity contribution in [3.05, 3.63) is 15.8 Å². The van der Waals surface area contributed by atoms with Crippen LogP contribution in [-0.2, 0) is 13.8 Å². The van der Waals surface area contributed by atoms with E-state index in [4.69, 9.17) is 15.4 Å². The second kappa shape index (κ2) is 6.01. The molecule has 0 bridgehead atoms. The average molecular weight is 338 g/mol. The van der Waals surface area contributed by atoms with Gasteiger partial charge in [-0.05, 0) is 25.8 Å². The zero-order valence-corrected chi connectivity index (χ0v) is 13.6. The third-order valence-corrected chi connectivity index (χ3v) is 5.75. The largest absolute Gasteiger partial charge is 0.383 e. The maximum atomic E-state index is 12.5. The number of nitrogens with zero attached hydrogens (tertiary/aromatic N) is 1. The van der Waals surface area contributed by atoms with Crippen LogP contribution >= 0.6 is 22.0 Å². The molecule has 0 radical (unpaired) electrons. The molecule has 1 aromatic rings. The zero-order valence-electron chi connectivity index (χ0n) is 11.3. The van der Waals surface area contributed by atoms with Crippen molar-refractivity contribution in [2.75, 3.05) is 20.3 Å². The minimum atomic E-state index is -3.81. The van der Waals surface area contributed by atoms with Crippen molar-refractivity contribution in [3.63, 3.8) is 0 Å². The molecule has 1 aromatic heterocycles. The highest BCUT2D eigenvalue weighted by atomic mass is 35.7. The highest BCUT2D eigenvalue weighted by molar-refractivity contribution is 8.13. The van der Waals surface area contributed by atoms with E-state index in [1.165, 1.54) is 6.07 Å². The summed E-state index contributed by atoms with van der Waals surface area (Å²) in [6, 6.07) is 1.61. The number of rotatable bonds is 6. The van der Waals surface area contributed by atoms with Gasteiger partial charge in [0.25, 0.3) is 15.0 Å². The molecule has 8 heteroatoms. The van der Waals surface area contributed by atoms with Crippen LogP contribution in [0.3, 0.4) is 0 Å². The molecule has 1 amide bonds. The fourth-order valence-corrected chi connectivity index (χ4v) is 4.60. The quantitative estimate of drug-likeness (QED) is 0.747. The fourth-order valence-electron chi connectivity index (χ4n) is 1.98. The molecule has 0 aromatic carbocycles. The van der Waals surface area contributed by atoms with E-state index < -0.39 is 9.05 Å². The average Bonchev–Trinajstić information content (AvgIpc) is 3.10. The number of thiophene rings is 1. The first-order valence-corrected chi connectivity index (χ1v) is 9.32. The van der Waals surface area contributed by atoms with E-state index in [2.05, 4.69) is 0 Å². The Morgan fingerprint density at radius 2 is 2.20 bits per heavy atom. The van der Waals surface area contributed by atoms with Crippen LogP contribution in [0.5, 0.6) is 0 Å². The van der Waals surface area contributed by atoms with Crippen molar-refractivity contribution in [1.29, 1.82) is 0 Å². The van der Waals surface area contributed by atoms with Crippen LogP contribution in [0.4, 0.5) is 0 Å². The minimum absolute atomic E-state index is 0.0232. The summed E-state index contributed by atoms with van der Waals surface area (Å²) in [4.78, 5) is 15.2. The first-order valence-electron chi connectivity index (χ1n) is 6.19. The van der Waals surface area contributed by atoms with Crippen molar-refractivity contribution >= 4 is 37.0 Å². The monoisotopic (exact) mass is 337 g/mol. The highest BCUT2D eigenvalue weighted by Crippen LogP contribution is 2.32. The predicted molar refractivity (Wildman–Crippen MR) is 78.0 cm³/mol. The highest BCUT2D eigenvalue weighted by Gasteiger charge is 2.34. The number of halogens is 1. The van der Waals surface area contributed by atoms with Gasteiger partial charge in [-0.3, -0.25) is 4.79 Å². The van der Waals surface area contributed by atoms with E-state index in [1.807, 2.05) is 0 Å². The van der Waals surface area contributed by atoms with Crippen molar-refractivity contribution in [1.82, 2.24) is 4.90 Å². The fraction of sp³-hybridized carbons (Fsp3) is 0.583. The lowest BCUT2D eigenvalue weighted by Gasteiger charge is -2.21. The van der Waals surface area contributed by atoms with Crippen LogP contribution in [0.2, 0.25) is 0 Å². The molecule has 1 heterocycles. The Balaban J connectivity index is 2.23. The number of amides is 1. The molecule has 0 aliphatic heterocycles. The van der Waals surface area contributed by atoms with E-state index in [-0.39, 0.29) is 16.8 Å². The van der Waals surface area contributed by atoms with Crippen molar-refractivity contribution in [3.8, 4) is 0 Å². The lowest BCUT2D eigenvalue weighted by molar-refractivity contribution is 0.0685. The van der Waals surface area contributed by atoms with Gasteiger partial charge in [0.05, 0.1) is 16.4 Å². The number of hydrogen-bond donors (Lipinski definition) is 0. The van der Waals surface area contributed by atoms with Gasteiger partial charge in [0.2, 0.25) is 0 Å². The van der Waals surface area contributed by atoms with Crippen LogP contribution in [-0.4, -0.2) is 45.5 Å². The van der Waals surface area contributed by atoms with Gasteiger partial charge in [0.15, 0.2) is 0 Å². The van der Waals surface area contributed by atoms with Crippen LogP contribution in [0.15, 0.2) is 11.0 Å². The molecule has 0 saturated heterocycles. The Bertz CT molecular complexity index is 607. The third kappa shape index (κ3) is 3.52. The normalized spacial score (nSPS) is 15.3. The van der Waals surface area contributed by atoms with E-state index in [0.717, 1.165) is 24.2 Å². The number of methoxy groups -OCH3 is 1. The summed E-state index contributed by atoms with van der Waals surface area (Å²) < 4.78 is 27.8. The lowest BCUT2D eigenvalue weighted by atomic mass is 10.3. The molecule has 1 aliphatic rings. The molecular weight excluding hydrogens is 322 g/mol. The number of carbonyl (C=O) groups is 1.